The molecule has 4 nitrogen and oxygen atoms in total. The number of aliphatic hydroxyl groups is 1. The van der Waals surface area contributed by atoms with Gasteiger partial charge in [-0.25, -0.2) is 0 Å². The Morgan fingerprint density at radius 2 is 1.76 bits per heavy atom. The third kappa shape index (κ3) is 1.49. The van der Waals surface area contributed by atoms with Crippen LogP contribution in [0.1, 0.15) is 33.2 Å². The number of allylic oxidation sites excluding steroid dienone is 1. The Labute approximate surface area is 98.2 Å². The van der Waals surface area contributed by atoms with E-state index in [4.69, 9.17) is 5.11 Å². The summed E-state index contributed by atoms with van der Waals surface area (Å²) in [7, 11) is 0. The number of aliphatic hydroxyl groups excluding tert-OH is 1. The maximum atomic E-state index is 12.0. The van der Waals surface area contributed by atoms with Gasteiger partial charge in [0, 0.05) is 16.7 Å². The molecule has 0 radical (unpaired) electrons. The second-order valence-corrected chi connectivity index (χ2v) is 4.07. The summed E-state index contributed by atoms with van der Waals surface area (Å²) in [5, 5.41) is 19.0. The molecule has 0 amide bonds. The topological polar surface area (TPSA) is 74.6 Å². The number of Topliss-reactive ketones (excluding diaryl/α,β-unsaturated/α-hetero) is 2. The molecule has 0 bridgehead atoms. The van der Waals surface area contributed by atoms with E-state index in [1.165, 1.54) is 13.0 Å². The summed E-state index contributed by atoms with van der Waals surface area (Å²) in [6.07, 6.45) is 0. The lowest BCUT2D eigenvalue weighted by Crippen LogP contribution is -2.23. The number of benzene rings is 1. The van der Waals surface area contributed by atoms with E-state index < -0.39 is 12.4 Å². The molecule has 0 saturated carbocycles. The molecule has 0 heterocycles. The zero-order chi connectivity index (χ0) is 12.7. The van der Waals surface area contributed by atoms with Crippen LogP contribution in [-0.2, 0) is 0 Å². The molecule has 4 heteroatoms. The van der Waals surface area contributed by atoms with E-state index in [9.17, 15) is 14.7 Å². The average molecular weight is 232 g/mol. The van der Waals surface area contributed by atoms with Gasteiger partial charge in [-0.2, -0.15) is 0 Å². The van der Waals surface area contributed by atoms with E-state index in [1.54, 1.807) is 13.0 Å². The van der Waals surface area contributed by atoms with Crippen molar-refractivity contribution in [2.75, 3.05) is 6.61 Å². The van der Waals surface area contributed by atoms with Crippen molar-refractivity contribution in [3.05, 3.63) is 40.0 Å². The Bertz CT molecular complexity index is 567. The molecular formula is C13H12O4. The van der Waals surface area contributed by atoms with Gasteiger partial charge in [0.15, 0.2) is 11.6 Å². The van der Waals surface area contributed by atoms with Crippen molar-refractivity contribution in [1.29, 1.82) is 0 Å². The first kappa shape index (κ1) is 11.5. The molecule has 0 spiro atoms. The summed E-state index contributed by atoms with van der Waals surface area (Å²) in [6.45, 7) is 2.66. The van der Waals surface area contributed by atoms with Crippen molar-refractivity contribution in [2.24, 2.45) is 0 Å². The molecule has 0 aliphatic heterocycles. The molecule has 17 heavy (non-hydrogen) atoms. The van der Waals surface area contributed by atoms with Crippen molar-refractivity contribution >= 4 is 11.6 Å². The van der Waals surface area contributed by atoms with Crippen LogP contribution < -0.4 is 0 Å². The minimum absolute atomic E-state index is 0.00431. The number of ketones is 2. The molecule has 0 aromatic heterocycles. The first-order chi connectivity index (χ1) is 7.99. The Balaban J connectivity index is 2.78. The van der Waals surface area contributed by atoms with Crippen LogP contribution in [0.4, 0.5) is 0 Å². The SMILES string of the molecule is CC1=C(CO)C(=O)c2c(ccc(C)c2O)C1=O. The standard InChI is InChI=1S/C13H12O4/c1-6-3-4-8-10(11(6)15)13(17)9(5-14)7(2)12(8)16/h3-4,14-15H,5H2,1-2H3. The average Bonchev–Trinajstić information content (AvgIpc) is 2.30. The number of phenols is 1. The Morgan fingerprint density at radius 3 is 2.35 bits per heavy atom. The minimum Gasteiger partial charge on any atom is -0.507 e. The van der Waals surface area contributed by atoms with Crippen molar-refractivity contribution < 1.29 is 19.8 Å². The highest BCUT2D eigenvalue weighted by molar-refractivity contribution is 6.27. The fraction of sp³-hybridized carbons (Fsp3) is 0.231. The number of hydrogen-bond acceptors (Lipinski definition) is 4. The van der Waals surface area contributed by atoms with Gasteiger partial charge in [-0.05, 0) is 25.5 Å². The number of fused-ring (bicyclic) bond motifs is 1. The molecule has 0 fully saturated rings. The largest absolute Gasteiger partial charge is 0.507 e. The van der Waals surface area contributed by atoms with Gasteiger partial charge in [-0.15, -0.1) is 0 Å². The molecule has 2 rings (SSSR count). The zero-order valence-corrected chi connectivity index (χ0v) is 9.57. The molecule has 0 atom stereocenters. The highest BCUT2D eigenvalue weighted by atomic mass is 16.3. The summed E-state index contributed by atoms with van der Waals surface area (Å²) >= 11 is 0. The van der Waals surface area contributed by atoms with Crippen molar-refractivity contribution in [1.82, 2.24) is 0 Å². The smallest absolute Gasteiger partial charge is 0.196 e. The first-order valence-corrected chi connectivity index (χ1v) is 5.21. The number of carbonyl (C=O) groups excluding carboxylic acids is 2. The van der Waals surface area contributed by atoms with E-state index >= 15 is 0 Å². The fourth-order valence-corrected chi connectivity index (χ4v) is 1.97. The van der Waals surface area contributed by atoms with Crippen LogP contribution in [0.2, 0.25) is 0 Å². The second-order valence-electron chi connectivity index (χ2n) is 4.07. The van der Waals surface area contributed by atoms with Crippen LogP contribution in [0.3, 0.4) is 0 Å². The Hall–Kier alpha value is -1.94. The number of rotatable bonds is 1. The lowest BCUT2D eigenvalue weighted by atomic mass is 9.83. The van der Waals surface area contributed by atoms with E-state index in [0.717, 1.165) is 0 Å². The number of carbonyl (C=O) groups is 2. The van der Waals surface area contributed by atoms with Crippen molar-refractivity contribution in [2.45, 2.75) is 13.8 Å². The summed E-state index contributed by atoms with van der Waals surface area (Å²) in [6, 6.07) is 3.12. The third-order valence-corrected chi connectivity index (χ3v) is 3.08. The normalized spacial score (nSPS) is 15.2. The highest BCUT2D eigenvalue weighted by Crippen LogP contribution is 2.33. The summed E-state index contributed by atoms with van der Waals surface area (Å²) in [5.41, 5.74) is 1.04. The van der Waals surface area contributed by atoms with Gasteiger partial charge < -0.3 is 10.2 Å². The van der Waals surface area contributed by atoms with Crippen LogP contribution in [0.5, 0.6) is 5.75 Å². The van der Waals surface area contributed by atoms with Gasteiger partial charge in [-0.3, -0.25) is 9.59 Å². The molecule has 1 aromatic carbocycles. The van der Waals surface area contributed by atoms with E-state index in [1.807, 2.05) is 0 Å². The van der Waals surface area contributed by atoms with Gasteiger partial charge in [0.05, 0.1) is 12.2 Å². The third-order valence-electron chi connectivity index (χ3n) is 3.08. The van der Waals surface area contributed by atoms with Crippen LogP contribution in [0, 0.1) is 6.92 Å². The monoisotopic (exact) mass is 232 g/mol. The number of hydrogen-bond donors (Lipinski definition) is 2. The maximum Gasteiger partial charge on any atom is 0.196 e. The van der Waals surface area contributed by atoms with E-state index in [0.29, 0.717) is 5.56 Å². The van der Waals surface area contributed by atoms with Crippen LogP contribution in [-0.4, -0.2) is 28.4 Å². The van der Waals surface area contributed by atoms with Crippen LogP contribution in [0.15, 0.2) is 23.3 Å². The van der Waals surface area contributed by atoms with Crippen molar-refractivity contribution in [3.8, 4) is 5.75 Å². The summed E-state index contributed by atoms with van der Waals surface area (Å²) in [5.74, 6) is -0.973. The number of aromatic hydroxyl groups is 1. The molecule has 1 aliphatic carbocycles. The van der Waals surface area contributed by atoms with Crippen molar-refractivity contribution in [3.63, 3.8) is 0 Å². The molecule has 1 aromatic rings. The first-order valence-electron chi connectivity index (χ1n) is 5.21. The van der Waals surface area contributed by atoms with Gasteiger partial charge in [0.2, 0.25) is 0 Å². The quantitative estimate of drug-likeness (QED) is 0.767. The predicted molar refractivity (Wildman–Crippen MR) is 61.3 cm³/mol. The number of aryl methyl sites for hydroxylation is 1. The zero-order valence-electron chi connectivity index (χ0n) is 9.57. The van der Waals surface area contributed by atoms with E-state index in [-0.39, 0.29) is 33.8 Å². The molecule has 0 unspecified atom stereocenters. The second kappa shape index (κ2) is 3.82. The Kier molecular flexibility index (Phi) is 2.59. The van der Waals surface area contributed by atoms with Gasteiger partial charge in [0.25, 0.3) is 0 Å². The van der Waals surface area contributed by atoms with Gasteiger partial charge >= 0.3 is 0 Å². The summed E-state index contributed by atoms with van der Waals surface area (Å²) in [4.78, 5) is 24.0. The molecule has 1 aliphatic rings. The van der Waals surface area contributed by atoms with Crippen LogP contribution in [0.25, 0.3) is 0 Å². The Morgan fingerprint density at radius 1 is 1.12 bits per heavy atom. The lowest BCUT2D eigenvalue weighted by Gasteiger charge is -2.19. The lowest BCUT2D eigenvalue weighted by molar-refractivity contribution is 0.0960. The number of phenolic OH excluding ortho intramolecular Hbond substituents is 1. The minimum atomic E-state index is -0.497. The maximum absolute atomic E-state index is 12.0. The molecule has 0 saturated heterocycles. The van der Waals surface area contributed by atoms with Crippen LogP contribution >= 0.6 is 0 Å². The summed E-state index contributed by atoms with van der Waals surface area (Å²) < 4.78 is 0. The molecule has 2 N–H and O–H groups in total. The van der Waals surface area contributed by atoms with Gasteiger partial charge in [0.1, 0.15) is 5.75 Å². The molecule has 88 valence electrons. The fourth-order valence-electron chi connectivity index (χ4n) is 1.97. The molecular weight excluding hydrogens is 220 g/mol. The highest BCUT2D eigenvalue weighted by Gasteiger charge is 2.32. The van der Waals surface area contributed by atoms with Gasteiger partial charge in [-0.1, -0.05) is 6.07 Å². The van der Waals surface area contributed by atoms with E-state index in [2.05, 4.69) is 0 Å². The predicted octanol–water partition coefficient (Wildman–Crippen LogP) is 1.39.